The number of hydrogen-bond acceptors (Lipinski definition) is 2. The lowest BCUT2D eigenvalue weighted by Crippen LogP contribution is -1.96. The number of hydrogen-bond donors (Lipinski definition) is 0. The molecule has 0 fully saturated rings. The van der Waals surface area contributed by atoms with E-state index in [0.717, 1.165) is 22.2 Å². The van der Waals surface area contributed by atoms with Crippen LogP contribution in [0.1, 0.15) is 5.56 Å². The lowest BCUT2D eigenvalue weighted by Gasteiger charge is -2.08. The van der Waals surface area contributed by atoms with Gasteiger partial charge in [0.25, 0.3) is 0 Å². The van der Waals surface area contributed by atoms with Gasteiger partial charge in [-0.25, -0.2) is 0 Å². The zero-order valence-corrected chi connectivity index (χ0v) is 9.84. The maximum absolute atomic E-state index is 5.75. The van der Waals surface area contributed by atoms with Gasteiger partial charge in [0.1, 0.15) is 12.4 Å². The first-order valence-electron chi connectivity index (χ1n) is 5.85. The Kier molecular flexibility index (Phi) is 2.92. The fraction of sp³-hybridized carbons (Fsp3) is 0.0625. The van der Waals surface area contributed by atoms with Crippen LogP contribution in [0.2, 0.25) is 0 Å². The van der Waals surface area contributed by atoms with Gasteiger partial charge in [0.05, 0.1) is 5.52 Å². The molecule has 1 heterocycles. The second-order valence-corrected chi connectivity index (χ2v) is 4.01. The lowest BCUT2D eigenvalue weighted by atomic mass is 10.1. The van der Waals surface area contributed by atoms with E-state index in [2.05, 4.69) is 23.2 Å². The highest BCUT2D eigenvalue weighted by Crippen LogP contribution is 2.18. The summed E-state index contributed by atoms with van der Waals surface area (Å²) in [6, 6.07) is 20.6. The third-order valence-corrected chi connectivity index (χ3v) is 2.82. The number of ether oxygens (including phenoxy) is 1. The van der Waals surface area contributed by atoms with Gasteiger partial charge in [0.2, 0.25) is 0 Å². The zero-order chi connectivity index (χ0) is 12.2. The van der Waals surface area contributed by atoms with Crippen LogP contribution in [0.3, 0.4) is 0 Å². The molecule has 0 unspecified atom stereocenters. The van der Waals surface area contributed by atoms with Crippen LogP contribution in [0.15, 0.2) is 60.8 Å². The van der Waals surface area contributed by atoms with E-state index in [1.54, 1.807) is 6.20 Å². The highest BCUT2D eigenvalue weighted by atomic mass is 16.5. The molecule has 0 aliphatic heterocycles. The summed E-state index contributed by atoms with van der Waals surface area (Å²) in [6.07, 6.45) is 1.81. The Morgan fingerprint density at radius 1 is 1.00 bits per heavy atom. The minimum Gasteiger partial charge on any atom is -0.489 e. The summed E-state index contributed by atoms with van der Waals surface area (Å²) in [5.41, 5.74) is 2.15. The van der Waals surface area contributed by atoms with E-state index in [0.29, 0.717) is 6.61 Å². The third-order valence-electron chi connectivity index (χ3n) is 2.82. The number of fused-ring (bicyclic) bond motifs is 1. The van der Waals surface area contributed by atoms with Crippen LogP contribution in [0.25, 0.3) is 10.9 Å². The van der Waals surface area contributed by atoms with Gasteiger partial charge in [0.15, 0.2) is 0 Å². The molecule has 0 atom stereocenters. The van der Waals surface area contributed by atoms with Crippen LogP contribution >= 0.6 is 0 Å². The van der Waals surface area contributed by atoms with Gasteiger partial charge in [0, 0.05) is 11.6 Å². The molecule has 0 saturated heterocycles. The first-order valence-corrected chi connectivity index (χ1v) is 5.85. The molecule has 0 amide bonds. The van der Waals surface area contributed by atoms with Crippen molar-refractivity contribution in [2.75, 3.05) is 0 Å². The normalized spacial score (nSPS) is 10.4. The summed E-state index contributed by atoms with van der Waals surface area (Å²) in [6.45, 7) is 0.549. The summed E-state index contributed by atoms with van der Waals surface area (Å²) in [5, 5.41) is 1.14. The quantitative estimate of drug-likeness (QED) is 0.690. The number of pyridine rings is 1. The Morgan fingerprint density at radius 3 is 2.78 bits per heavy atom. The van der Waals surface area contributed by atoms with E-state index in [4.69, 9.17) is 4.74 Å². The van der Waals surface area contributed by atoms with Crippen molar-refractivity contribution in [1.82, 2.24) is 4.98 Å². The highest BCUT2D eigenvalue weighted by molar-refractivity contribution is 5.81. The Labute approximate surface area is 106 Å². The molecule has 2 heteroatoms. The molecule has 0 bridgehead atoms. The van der Waals surface area contributed by atoms with Gasteiger partial charge in [-0.3, -0.25) is 4.98 Å². The average molecular weight is 234 g/mol. The van der Waals surface area contributed by atoms with Crippen molar-refractivity contribution in [2.24, 2.45) is 0 Å². The Hall–Kier alpha value is -2.35. The summed E-state index contributed by atoms with van der Waals surface area (Å²) >= 11 is 0. The summed E-state index contributed by atoms with van der Waals surface area (Å²) in [4.78, 5) is 4.34. The van der Waals surface area contributed by atoms with Crippen LogP contribution in [0, 0.1) is 6.07 Å². The van der Waals surface area contributed by atoms with Crippen molar-refractivity contribution in [3.05, 3.63) is 72.4 Å². The predicted molar refractivity (Wildman–Crippen MR) is 71.4 cm³/mol. The number of rotatable bonds is 3. The first kappa shape index (κ1) is 10.8. The van der Waals surface area contributed by atoms with Gasteiger partial charge in [-0.15, -0.1) is 0 Å². The SMILES string of the molecule is [c]1ccc(OCc2cccc3ncccc23)cc1. The van der Waals surface area contributed by atoms with Gasteiger partial charge >= 0.3 is 0 Å². The van der Waals surface area contributed by atoms with Crippen LogP contribution in [0.5, 0.6) is 5.75 Å². The van der Waals surface area contributed by atoms with Crippen LogP contribution in [0.4, 0.5) is 0 Å². The molecule has 1 radical (unpaired) electrons. The Bertz CT molecular complexity index is 644. The summed E-state index contributed by atoms with van der Waals surface area (Å²) in [7, 11) is 0. The molecule has 2 nitrogen and oxygen atoms in total. The predicted octanol–water partition coefficient (Wildman–Crippen LogP) is 3.61. The van der Waals surface area contributed by atoms with Crippen molar-refractivity contribution >= 4 is 10.9 Å². The number of nitrogens with zero attached hydrogens (tertiary/aromatic N) is 1. The first-order chi connectivity index (χ1) is 8.93. The lowest BCUT2D eigenvalue weighted by molar-refractivity contribution is 0.307. The van der Waals surface area contributed by atoms with Crippen LogP contribution in [-0.2, 0) is 6.61 Å². The number of benzene rings is 2. The molecular weight excluding hydrogens is 222 g/mol. The molecule has 0 aliphatic carbocycles. The van der Waals surface area contributed by atoms with E-state index in [9.17, 15) is 0 Å². The van der Waals surface area contributed by atoms with Crippen molar-refractivity contribution in [2.45, 2.75) is 6.61 Å². The second kappa shape index (κ2) is 4.88. The van der Waals surface area contributed by atoms with Crippen molar-refractivity contribution in [1.29, 1.82) is 0 Å². The largest absolute Gasteiger partial charge is 0.489 e. The van der Waals surface area contributed by atoms with Crippen LogP contribution in [-0.4, -0.2) is 4.98 Å². The average Bonchev–Trinajstić information content (AvgIpc) is 2.46. The third kappa shape index (κ3) is 2.18. The van der Waals surface area contributed by atoms with Gasteiger partial charge in [-0.05, 0) is 35.9 Å². The van der Waals surface area contributed by atoms with Crippen molar-refractivity contribution in [3.63, 3.8) is 0 Å². The van der Waals surface area contributed by atoms with Gasteiger partial charge in [-0.2, -0.15) is 0 Å². The standard InChI is InChI=1S/C16H12NO/c1-2-7-14(8-3-1)18-12-13-6-4-10-16-15(13)9-5-11-17-16/h2-11H,12H2. The Balaban J connectivity index is 1.87. The molecule has 18 heavy (non-hydrogen) atoms. The van der Waals surface area contributed by atoms with Gasteiger partial charge < -0.3 is 4.74 Å². The summed E-state index contributed by atoms with van der Waals surface area (Å²) < 4.78 is 5.75. The van der Waals surface area contributed by atoms with Crippen molar-refractivity contribution in [3.8, 4) is 5.75 Å². The topological polar surface area (TPSA) is 22.1 Å². The molecule has 0 N–H and O–H groups in total. The van der Waals surface area contributed by atoms with E-state index in [1.165, 1.54) is 0 Å². The molecule has 0 spiro atoms. The minimum absolute atomic E-state index is 0.549. The molecular formula is C16H12NO. The maximum Gasteiger partial charge on any atom is 0.119 e. The van der Waals surface area contributed by atoms with E-state index < -0.39 is 0 Å². The van der Waals surface area contributed by atoms with E-state index in [1.807, 2.05) is 42.5 Å². The van der Waals surface area contributed by atoms with E-state index in [-0.39, 0.29) is 0 Å². The fourth-order valence-corrected chi connectivity index (χ4v) is 1.92. The monoisotopic (exact) mass is 234 g/mol. The fourth-order valence-electron chi connectivity index (χ4n) is 1.92. The molecule has 0 aliphatic rings. The molecule has 3 aromatic rings. The number of aromatic nitrogens is 1. The molecule has 87 valence electrons. The smallest absolute Gasteiger partial charge is 0.119 e. The van der Waals surface area contributed by atoms with E-state index >= 15 is 0 Å². The molecule has 3 rings (SSSR count). The highest BCUT2D eigenvalue weighted by Gasteiger charge is 2.01. The Morgan fingerprint density at radius 2 is 1.89 bits per heavy atom. The zero-order valence-electron chi connectivity index (χ0n) is 9.84. The van der Waals surface area contributed by atoms with Gasteiger partial charge in [-0.1, -0.05) is 30.3 Å². The molecule has 1 aromatic heterocycles. The second-order valence-electron chi connectivity index (χ2n) is 4.01. The molecule has 2 aromatic carbocycles. The van der Waals surface area contributed by atoms with Crippen LogP contribution < -0.4 is 4.74 Å². The van der Waals surface area contributed by atoms with Crippen molar-refractivity contribution < 1.29 is 4.74 Å². The molecule has 0 saturated carbocycles. The summed E-state index contributed by atoms with van der Waals surface area (Å²) in [5.74, 6) is 0.856. The minimum atomic E-state index is 0.549. The maximum atomic E-state index is 5.75.